The molecule has 3 aromatic rings. The van der Waals surface area contributed by atoms with E-state index in [0.717, 1.165) is 28.8 Å². The predicted octanol–water partition coefficient (Wildman–Crippen LogP) is 4.59. The van der Waals surface area contributed by atoms with Gasteiger partial charge in [0.15, 0.2) is 0 Å². The van der Waals surface area contributed by atoms with E-state index in [4.69, 9.17) is 16.7 Å². The largest absolute Gasteiger partial charge is 0.395 e. The van der Waals surface area contributed by atoms with Crippen LogP contribution in [0.25, 0.3) is 10.9 Å². The average Bonchev–Trinajstić information content (AvgIpc) is 2.64. The van der Waals surface area contributed by atoms with Crippen molar-refractivity contribution in [2.24, 2.45) is 0 Å². The van der Waals surface area contributed by atoms with Gasteiger partial charge in [-0.3, -0.25) is 9.88 Å². The minimum Gasteiger partial charge on any atom is -0.395 e. The number of pyridine rings is 1. The number of rotatable bonds is 7. The van der Waals surface area contributed by atoms with Gasteiger partial charge in [-0.15, -0.1) is 0 Å². The summed E-state index contributed by atoms with van der Waals surface area (Å²) >= 11 is 6.03. The Morgan fingerprint density at radius 2 is 2.04 bits per heavy atom. The van der Waals surface area contributed by atoms with E-state index in [2.05, 4.69) is 10.3 Å². The molecule has 136 valence electrons. The van der Waals surface area contributed by atoms with E-state index in [0.29, 0.717) is 23.7 Å². The fourth-order valence-corrected chi connectivity index (χ4v) is 3.06. The molecule has 0 saturated heterocycles. The van der Waals surface area contributed by atoms with Gasteiger partial charge in [0.2, 0.25) is 0 Å². The molecule has 0 bridgehead atoms. The second-order valence-electron chi connectivity index (χ2n) is 6.04. The number of aliphatic hydroxyl groups excluding tert-OH is 1. The summed E-state index contributed by atoms with van der Waals surface area (Å²) in [5, 5.41) is 14.0. The van der Waals surface area contributed by atoms with Gasteiger partial charge >= 0.3 is 0 Å². The number of aliphatic hydroxyl groups is 1. The molecule has 2 N–H and O–H groups in total. The zero-order valence-electron chi connectivity index (χ0n) is 14.5. The van der Waals surface area contributed by atoms with Crippen molar-refractivity contribution in [2.75, 3.05) is 25.0 Å². The fourth-order valence-electron chi connectivity index (χ4n) is 2.89. The Kier molecular flexibility index (Phi) is 6.04. The van der Waals surface area contributed by atoms with E-state index in [-0.39, 0.29) is 12.4 Å². The molecule has 26 heavy (non-hydrogen) atoms. The summed E-state index contributed by atoms with van der Waals surface area (Å²) < 4.78 is 14.2. The van der Waals surface area contributed by atoms with Crippen LogP contribution >= 0.6 is 11.6 Å². The van der Waals surface area contributed by atoms with E-state index in [9.17, 15) is 4.39 Å². The van der Waals surface area contributed by atoms with Crippen LogP contribution in [-0.4, -0.2) is 34.7 Å². The summed E-state index contributed by atoms with van der Waals surface area (Å²) in [6.07, 6.45) is 1.71. The molecule has 6 heteroatoms. The molecule has 0 aliphatic rings. The van der Waals surface area contributed by atoms with Gasteiger partial charge in [0.1, 0.15) is 5.82 Å². The van der Waals surface area contributed by atoms with Crippen LogP contribution in [0.5, 0.6) is 0 Å². The Labute approximate surface area is 157 Å². The minimum absolute atomic E-state index is 0.0545. The normalized spacial score (nSPS) is 11.3. The number of halogens is 2. The van der Waals surface area contributed by atoms with Crippen molar-refractivity contribution in [3.63, 3.8) is 0 Å². The number of benzene rings is 2. The number of fused-ring (bicyclic) bond motifs is 1. The van der Waals surface area contributed by atoms with Gasteiger partial charge in [-0.2, -0.15) is 0 Å². The van der Waals surface area contributed by atoms with Crippen LogP contribution < -0.4 is 5.32 Å². The second kappa shape index (κ2) is 8.45. The molecule has 0 unspecified atom stereocenters. The average molecular weight is 374 g/mol. The Morgan fingerprint density at radius 1 is 1.19 bits per heavy atom. The van der Waals surface area contributed by atoms with Gasteiger partial charge < -0.3 is 10.4 Å². The first-order chi connectivity index (χ1) is 12.6. The Morgan fingerprint density at radius 3 is 2.81 bits per heavy atom. The number of hydrogen-bond donors (Lipinski definition) is 2. The van der Waals surface area contributed by atoms with Crippen molar-refractivity contribution >= 4 is 33.9 Å². The monoisotopic (exact) mass is 373 g/mol. The standard InChI is InChI=1S/C20H21ClFN3O/c1-2-25(9-10-26)13-14-11-16(4-6-18(14)22)24-19-7-8-23-20-12-15(21)3-5-17(19)20/h3-8,11-12,26H,2,9-10,13H2,1H3,(H,23,24). The molecule has 2 aromatic carbocycles. The van der Waals surface area contributed by atoms with Crippen molar-refractivity contribution in [1.82, 2.24) is 9.88 Å². The van der Waals surface area contributed by atoms with Crippen molar-refractivity contribution in [3.8, 4) is 0 Å². The minimum atomic E-state index is -0.252. The van der Waals surface area contributed by atoms with Crippen molar-refractivity contribution in [2.45, 2.75) is 13.5 Å². The highest BCUT2D eigenvalue weighted by molar-refractivity contribution is 6.31. The lowest BCUT2D eigenvalue weighted by Crippen LogP contribution is -2.26. The van der Waals surface area contributed by atoms with Crippen LogP contribution in [0.3, 0.4) is 0 Å². The molecule has 1 aromatic heterocycles. The van der Waals surface area contributed by atoms with E-state index in [1.807, 2.05) is 36.1 Å². The summed E-state index contributed by atoms with van der Waals surface area (Å²) in [7, 11) is 0. The molecule has 0 aliphatic carbocycles. The number of hydrogen-bond acceptors (Lipinski definition) is 4. The first-order valence-corrected chi connectivity index (χ1v) is 8.91. The maximum atomic E-state index is 14.2. The molecule has 0 fully saturated rings. The van der Waals surface area contributed by atoms with Crippen molar-refractivity contribution in [1.29, 1.82) is 0 Å². The first kappa shape index (κ1) is 18.6. The van der Waals surface area contributed by atoms with Crippen LogP contribution in [-0.2, 0) is 6.54 Å². The third kappa shape index (κ3) is 4.30. The zero-order valence-corrected chi connectivity index (χ0v) is 15.3. The lowest BCUT2D eigenvalue weighted by molar-refractivity contribution is 0.195. The topological polar surface area (TPSA) is 48.4 Å². The molecule has 4 nitrogen and oxygen atoms in total. The summed E-state index contributed by atoms with van der Waals surface area (Å²) in [5.74, 6) is -0.252. The number of anilines is 2. The van der Waals surface area contributed by atoms with Gasteiger partial charge in [-0.1, -0.05) is 18.5 Å². The predicted molar refractivity (Wildman–Crippen MR) is 104 cm³/mol. The number of nitrogens with zero attached hydrogens (tertiary/aromatic N) is 2. The lowest BCUT2D eigenvalue weighted by atomic mass is 10.1. The first-order valence-electron chi connectivity index (χ1n) is 8.53. The van der Waals surface area contributed by atoms with E-state index in [1.54, 1.807) is 18.3 Å². The van der Waals surface area contributed by atoms with Crippen molar-refractivity contribution in [3.05, 3.63) is 65.1 Å². The lowest BCUT2D eigenvalue weighted by Gasteiger charge is -2.20. The molecule has 0 saturated carbocycles. The third-order valence-electron chi connectivity index (χ3n) is 4.29. The summed E-state index contributed by atoms with van der Waals surface area (Å²) in [6, 6.07) is 12.4. The molecule has 1 heterocycles. The Hall–Kier alpha value is -2.21. The molecule has 0 radical (unpaired) electrons. The van der Waals surface area contributed by atoms with Gasteiger partial charge in [-0.25, -0.2) is 4.39 Å². The Bertz CT molecular complexity index is 903. The molecule has 3 rings (SSSR count). The molecular formula is C20H21ClFN3O. The summed E-state index contributed by atoms with van der Waals surface area (Å²) in [5.41, 5.74) is 3.06. The zero-order chi connectivity index (χ0) is 18.5. The summed E-state index contributed by atoms with van der Waals surface area (Å²) in [4.78, 5) is 6.32. The van der Waals surface area contributed by atoms with Gasteiger partial charge in [0.05, 0.1) is 12.1 Å². The van der Waals surface area contributed by atoms with E-state index in [1.165, 1.54) is 6.07 Å². The van der Waals surface area contributed by atoms with Crippen molar-refractivity contribution < 1.29 is 9.50 Å². The third-order valence-corrected chi connectivity index (χ3v) is 4.52. The maximum Gasteiger partial charge on any atom is 0.127 e. The highest BCUT2D eigenvalue weighted by atomic mass is 35.5. The highest BCUT2D eigenvalue weighted by Gasteiger charge is 2.10. The van der Waals surface area contributed by atoms with E-state index < -0.39 is 0 Å². The quantitative estimate of drug-likeness (QED) is 0.636. The van der Waals surface area contributed by atoms with Crippen LogP contribution in [0, 0.1) is 5.82 Å². The van der Waals surface area contributed by atoms with Gasteiger partial charge in [-0.05, 0) is 49.0 Å². The maximum absolute atomic E-state index is 14.2. The number of likely N-dealkylation sites (N-methyl/N-ethyl adjacent to an activating group) is 1. The molecule has 0 aliphatic heterocycles. The van der Waals surface area contributed by atoms with Gasteiger partial charge in [0.25, 0.3) is 0 Å². The SMILES string of the molecule is CCN(CCO)Cc1cc(Nc2ccnc3cc(Cl)ccc23)ccc1F. The smallest absolute Gasteiger partial charge is 0.127 e. The summed E-state index contributed by atoms with van der Waals surface area (Å²) in [6.45, 7) is 3.75. The second-order valence-corrected chi connectivity index (χ2v) is 6.48. The number of aromatic nitrogens is 1. The number of nitrogens with one attached hydrogen (secondary N) is 1. The molecular weight excluding hydrogens is 353 g/mol. The Balaban J connectivity index is 1.88. The molecule has 0 atom stereocenters. The molecule has 0 amide bonds. The van der Waals surface area contributed by atoms with Crippen LogP contribution in [0.15, 0.2) is 48.7 Å². The molecule has 0 spiro atoms. The fraction of sp³-hybridized carbons (Fsp3) is 0.250. The van der Waals surface area contributed by atoms with Crippen LogP contribution in [0.4, 0.5) is 15.8 Å². The highest BCUT2D eigenvalue weighted by Crippen LogP contribution is 2.28. The van der Waals surface area contributed by atoms with Crippen LogP contribution in [0.2, 0.25) is 5.02 Å². The van der Waals surface area contributed by atoms with E-state index >= 15 is 0 Å². The van der Waals surface area contributed by atoms with Gasteiger partial charge in [0, 0.05) is 46.6 Å². The van der Waals surface area contributed by atoms with Crippen LogP contribution in [0.1, 0.15) is 12.5 Å².